The Balaban J connectivity index is 1.50. The Kier molecular flexibility index (Phi) is 5.65. The summed E-state index contributed by atoms with van der Waals surface area (Å²) in [5.74, 6) is -0.0895. The molecule has 2 N–H and O–H groups in total. The molecule has 1 aliphatic rings. The molecular weight excluding hydrogens is 378 g/mol. The molecule has 1 aromatic heterocycles. The Bertz CT molecular complexity index is 1040. The van der Waals surface area contributed by atoms with Gasteiger partial charge in [-0.3, -0.25) is 9.59 Å². The van der Waals surface area contributed by atoms with E-state index in [1.165, 1.54) is 6.26 Å². The average Bonchev–Trinajstić information content (AvgIpc) is 3.44. The SMILES string of the molecule is CC(C)[C@H](NC(=O)c1cccc(-c2ccccc2)c1)c1nc(C(=O)NC2CC2)co1. The molecule has 1 atom stereocenters. The molecule has 1 saturated carbocycles. The smallest absolute Gasteiger partial charge is 0.273 e. The van der Waals surface area contributed by atoms with E-state index in [-0.39, 0.29) is 29.5 Å². The average molecular weight is 403 g/mol. The molecule has 0 spiro atoms. The lowest BCUT2D eigenvalue weighted by Crippen LogP contribution is -2.32. The van der Waals surface area contributed by atoms with Crippen molar-refractivity contribution in [3.05, 3.63) is 78.0 Å². The van der Waals surface area contributed by atoms with Crippen LogP contribution in [0.25, 0.3) is 11.1 Å². The van der Waals surface area contributed by atoms with Crippen LogP contribution in [0.4, 0.5) is 0 Å². The number of nitrogens with zero attached hydrogens (tertiary/aromatic N) is 1. The summed E-state index contributed by atoms with van der Waals surface area (Å²) in [6, 6.07) is 17.2. The lowest BCUT2D eigenvalue weighted by molar-refractivity contribution is 0.0915. The van der Waals surface area contributed by atoms with Crippen LogP contribution in [0.15, 0.2) is 65.3 Å². The molecule has 154 valence electrons. The summed E-state index contributed by atoms with van der Waals surface area (Å²) in [7, 11) is 0. The molecule has 30 heavy (non-hydrogen) atoms. The first-order valence-electron chi connectivity index (χ1n) is 10.2. The molecule has 1 fully saturated rings. The number of hydrogen-bond acceptors (Lipinski definition) is 4. The van der Waals surface area contributed by atoms with E-state index >= 15 is 0 Å². The van der Waals surface area contributed by atoms with Crippen LogP contribution >= 0.6 is 0 Å². The van der Waals surface area contributed by atoms with Crippen LogP contribution in [0.1, 0.15) is 59.5 Å². The summed E-state index contributed by atoms with van der Waals surface area (Å²) in [5, 5.41) is 5.90. The van der Waals surface area contributed by atoms with Gasteiger partial charge in [-0.2, -0.15) is 0 Å². The van der Waals surface area contributed by atoms with Crippen LogP contribution in [0.5, 0.6) is 0 Å². The third-order valence-electron chi connectivity index (χ3n) is 5.12. The molecule has 2 amide bonds. The highest BCUT2D eigenvalue weighted by atomic mass is 16.3. The fourth-order valence-electron chi connectivity index (χ4n) is 3.23. The maximum absolute atomic E-state index is 13.0. The fourth-order valence-corrected chi connectivity index (χ4v) is 3.23. The van der Waals surface area contributed by atoms with Crippen LogP contribution in [-0.2, 0) is 0 Å². The van der Waals surface area contributed by atoms with Crippen LogP contribution in [0.3, 0.4) is 0 Å². The van der Waals surface area contributed by atoms with E-state index in [2.05, 4.69) is 15.6 Å². The number of hydrogen-bond donors (Lipinski definition) is 2. The van der Waals surface area contributed by atoms with Crippen molar-refractivity contribution in [2.45, 2.75) is 38.8 Å². The Labute approximate surface area is 175 Å². The van der Waals surface area contributed by atoms with Crippen molar-refractivity contribution >= 4 is 11.8 Å². The molecule has 0 bridgehead atoms. The summed E-state index contributed by atoms with van der Waals surface area (Å²) < 4.78 is 5.55. The van der Waals surface area contributed by atoms with Crippen LogP contribution in [0.2, 0.25) is 0 Å². The van der Waals surface area contributed by atoms with Crippen molar-refractivity contribution in [1.82, 2.24) is 15.6 Å². The zero-order valence-corrected chi connectivity index (χ0v) is 17.1. The molecular formula is C24H25N3O3. The van der Waals surface area contributed by atoms with Crippen molar-refractivity contribution in [3.8, 4) is 11.1 Å². The van der Waals surface area contributed by atoms with Gasteiger partial charge in [0.25, 0.3) is 11.8 Å². The zero-order chi connectivity index (χ0) is 21.1. The molecule has 0 unspecified atom stereocenters. The van der Waals surface area contributed by atoms with Gasteiger partial charge < -0.3 is 15.1 Å². The van der Waals surface area contributed by atoms with Crippen molar-refractivity contribution in [1.29, 1.82) is 0 Å². The van der Waals surface area contributed by atoms with Gasteiger partial charge in [-0.1, -0.05) is 56.3 Å². The minimum Gasteiger partial charge on any atom is -0.446 e. The first kappa shape index (κ1) is 19.9. The molecule has 6 heteroatoms. The van der Waals surface area contributed by atoms with Gasteiger partial charge in [0.2, 0.25) is 5.89 Å². The Morgan fingerprint density at radius 2 is 1.73 bits per heavy atom. The monoisotopic (exact) mass is 403 g/mol. The summed E-state index contributed by atoms with van der Waals surface area (Å²) in [6.07, 6.45) is 3.36. The third-order valence-corrected chi connectivity index (χ3v) is 5.12. The van der Waals surface area contributed by atoms with Gasteiger partial charge in [0.15, 0.2) is 5.69 Å². The molecule has 4 rings (SSSR count). The van der Waals surface area contributed by atoms with E-state index in [9.17, 15) is 9.59 Å². The number of oxazole rings is 1. The minimum absolute atomic E-state index is 0.0317. The van der Waals surface area contributed by atoms with E-state index in [4.69, 9.17) is 4.42 Å². The van der Waals surface area contributed by atoms with Gasteiger partial charge in [-0.05, 0) is 42.0 Å². The second-order valence-electron chi connectivity index (χ2n) is 7.96. The summed E-state index contributed by atoms with van der Waals surface area (Å²) >= 11 is 0. The number of amides is 2. The van der Waals surface area contributed by atoms with Crippen LogP contribution in [0, 0.1) is 5.92 Å². The summed E-state index contributed by atoms with van der Waals surface area (Å²) in [4.78, 5) is 29.5. The highest BCUT2D eigenvalue weighted by Gasteiger charge is 2.28. The molecule has 6 nitrogen and oxygen atoms in total. The number of aromatic nitrogens is 1. The minimum atomic E-state index is -0.444. The van der Waals surface area contributed by atoms with E-state index in [0.717, 1.165) is 24.0 Å². The van der Waals surface area contributed by atoms with Gasteiger partial charge in [0.1, 0.15) is 12.3 Å². The van der Waals surface area contributed by atoms with E-state index < -0.39 is 6.04 Å². The second-order valence-corrected chi connectivity index (χ2v) is 7.96. The molecule has 1 heterocycles. The lowest BCUT2D eigenvalue weighted by atomic mass is 10.0. The van der Waals surface area contributed by atoms with E-state index in [0.29, 0.717) is 11.5 Å². The standard InChI is InChI=1S/C24H25N3O3/c1-15(2)21(24-26-20(14-30-24)23(29)25-19-11-12-19)27-22(28)18-10-6-9-17(13-18)16-7-4-3-5-8-16/h3-10,13-15,19,21H,11-12H2,1-2H3,(H,25,29)(H,27,28)/t21-/m0/s1. The Hall–Kier alpha value is -3.41. The van der Waals surface area contributed by atoms with E-state index in [1.54, 1.807) is 6.07 Å². The number of nitrogens with one attached hydrogen (secondary N) is 2. The highest BCUT2D eigenvalue weighted by Crippen LogP contribution is 2.24. The van der Waals surface area contributed by atoms with Crippen molar-refractivity contribution in [3.63, 3.8) is 0 Å². The van der Waals surface area contributed by atoms with Crippen LogP contribution in [-0.4, -0.2) is 22.8 Å². The molecule has 3 aromatic rings. The first-order valence-corrected chi connectivity index (χ1v) is 10.2. The predicted octanol–water partition coefficient (Wildman–Crippen LogP) is 4.36. The topological polar surface area (TPSA) is 84.2 Å². The maximum atomic E-state index is 13.0. The van der Waals surface area contributed by atoms with Crippen molar-refractivity contribution < 1.29 is 14.0 Å². The molecule has 0 radical (unpaired) electrons. The van der Waals surface area contributed by atoms with Gasteiger partial charge in [-0.25, -0.2) is 4.98 Å². The van der Waals surface area contributed by atoms with Crippen molar-refractivity contribution in [2.24, 2.45) is 5.92 Å². The van der Waals surface area contributed by atoms with Gasteiger partial charge >= 0.3 is 0 Å². The second kappa shape index (κ2) is 8.53. The molecule has 0 aliphatic heterocycles. The number of carbonyl (C=O) groups is 2. The number of rotatable bonds is 7. The molecule has 0 saturated heterocycles. The normalized spacial score (nSPS) is 14.4. The Morgan fingerprint density at radius 1 is 1.00 bits per heavy atom. The first-order chi connectivity index (χ1) is 14.5. The predicted molar refractivity (Wildman–Crippen MR) is 114 cm³/mol. The summed E-state index contributed by atoms with van der Waals surface area (Å²) in [6.45, 7) is 3.94. The zero-order valence-electron chi connectivity index (χ0n) is 17.1. The van der Waals surface area contributed by atoms with Crippen molar-refractivity contribution in [2.75, 3.05) is 0 Å². The van der Waals surface area contributed by atoms with E-state index in [1.807, 2.05) is 62.4 Å². The van der Waals surface area contributed by atoms with Gasteiger partial charge in [0.05, 0.1) is 0 Å². The third kappa shape index (κ3) is 4.59. The van der Waals surface area contributed by atoms with Crippen LogP contribution < -0.4 is 10.6 Å². The maximum Gasteiger partial charge on any atom is 0.273 e. The quantitative estimate of drug-likeness (QED) is 0.614. The number of carbonyl (C=O) groups excluding carboxylic acids is 2. The Morgan fingerprint density at radius 3 is 2.43 bits per heavy atom. The summed E-state index contributed by atoms with van der Waals surface area (Å²) in [5.41, 5.74) is 2.81. The van der Waals surface area contributed by atoms with Gasteiger partial charge in [0, 0.05) is 11.6 Å². The fraction of sp³-hybridized carbons (Fsp3) is 0.292. The molecule has 2 aromatic carbocycles. The lowest BCUT2D eigenvalue weighted by Gasteiger charge is -2.19. The number of benzene rings is 2. The highest BCUT2D eigenvalue weighted by molar-refractivity contribution is 5.95. The van der Waals surface area contributed by atoms with Gasteiger partial charge in [-0.15, -0.1) is 0 Å². The molecule has 1 aliphatic carbocycles. The largest absolute Gasteiger partial charge is 0.446 e.